The highest BCUT2D eigenvalue weighted by Crippen LogP contribution is 2.29. The predicted molar refractivity (Wildman–Crippen MR) is 94.6 cm³/mol. The van der Waals surface area contributed by atoms with E-state index in [1.807, 2.05) is 13.8 Å². The van der Waals surface area contributed by atoms with Crippen LogP contribution in [-0.2, 0) is 11.3 Å². The summed E-state index contributed by atoms with van der Waals surface area (Å²) in [4.78, 5) is 19.2. The molecule has 9 nitrogen and oxygen atoms in total. The van der Waals surface area contributed by atoms with Gasteiger partial charge >= 0.3 is 6.03 Å². The van der Waals surface area contributed by atoms with E-state index < -0.39 is 0 Å². The Morgan fingerprint density at radius 2 is 2.27 bits per heavy atom. The normalized spacial score (nSPS) is 18.2. The molecule has 0 aliphatic carbocycles. The lowest BCUT2D eigenvalue weighted by atomic mass is 10.1. The molecule has 1 N–H and O–H groups in total. The largest absolute Gasteiger partial charge is 0.375 e. The smallest absolute Gasteiger partial charge is 0.323 e. The number of urea groups is 1. The highest BCUT2D eigenvalue weighted by atomic mass is 16.5. The number of amides is 2. The number of ether oxygens (including phenoxy) is 1. The first kappa shape index (κ1) is 18.4. The zero-order valence-electron chi connectivity index (χ0n) is 15.5. The van der Waals surface area contributed by atoms with E-state index in [0.717, 1.165) is 25.7 Å². The van der Waals surface area contributed by atoms with Crippen molar-refractivity contribution in [2.45, 2.75) is 58.2 Å². The molecule has 2 aromatic heterocycles. The van der Waals surface area contributed by atoms with Gasteiger partial charge in [0, 0.05) is 25.8 Å². The summed E-state index contributed by atoms with van der Waals surface area (Å²) >= 11 is 0. The summed E-state index contributed by atoms with van der Waals surface area (Å²) < 4.78 is 12.0. The number of hydrogen-bond donors (Lipinski definition) is 1. The van der Waals surface area contributed by atoms with Gasteiger partial charge in [0.2, 0.25) is 0 Å². The highest BCUT2D eigenvalue weighted by Gasteiger charge is 2.31. The van der Waals surface area contributed by atoms with Crippen LogP contribution in [0.3, 0.4) is 0 Å². The van der Waals surface area contributed by atoms with Crippen molar-refractivity contribution in [2.75, 3.05) is 19.0 Å². The first-order valence-corrected chi connectivity index (χ1v) is 9.02. The van der Waals surface area contributed by atoms with Crippen molar-refractivity contribution >= 4 is 11.8 Å². The van der Waals surface area contributed by atoms with Crippen molar-refractivity contribution in [2.24, 2.45) is 0 Å². The van der Waals surface area contributed by atoms with Crippen LogP contribution in [0.5, 0.6) is 0 Å². The summed E-state index contributed by atoms with van der Waals surface area (Å²) in [6, 6.07) is 1.59. The quantitative estimate of drug-likeness (QED) is 0.877. The standard InChI is InChI=1S/C17H26N6O3/c1-12(2)23-14(8-9-18-23)19-17(24)22-10-6-4-5-7-13(22)16-20-15(11-25-3)26-21-16/h8-9,12-13H,4-7,10-11H2,1-3H3,(H,19,24)/t13-/m0/s1. The molecule has 2 aromatic rings. The third-order valence-electron chi connectivity index (χ3n) is 4.46. The van der Waals surface area contributed by atoms with Crippen molar-refractivity contribution in [1.29, 1.82) is 0 Å². The fourth-order valence-corrected chi connectivity index (χ4v) is 3.21. The van der Waals surface area contributed by atoms with Gasteiger partial charge in [-0.05, 0) is 26.7 Å². The lowest BCUT2D eigenvalue weighted by Gasteiger charge is -2.28. The molecule has 2 amide bonds. The molecule has 0 aromatic carbocycles. The van der Waals surface area contributed by atoms with Gasteiger partial charge in [-0.25, -0.2) is 9.48 Å². The van der Waals surface area contributed by atoms with Gasteiger partial charge in [0.05, 0.1) is 12.2 Å². The maximum atomic E-state index is 13.0. The monoisotopic (exact) mass is 362 g/mol. The molecular formula is C17H26N6O3. The van der Waals surface area contributed by atoms with Gasteiger partial charge in [0.1, 0.15) is 12.4 Å². The van der Waals surface area contributed by atoms with Gasteiger partial charge in [0.25, 0.3) is 5.89 Å². The number of rotatable bonds is 5. The summed E-state index contributed by atoms with van der Waals surface area (Å²) in [6.07, 6.45) is 5.55. The van der Waals surface area contributed by atoms with E-state index in [4.69, 9.17) is 9.26 Å². The average molecular weight is 362 g/mol. The number of hydrogen-bond acceptors (Lipinski definition) is 6. The van der Waals surface area contributed by atoms with Crippen molar-refractivity contribution in [3.05, 3.63) is 24.0 Å². The number of methoxy groups -OCH3 is 1. The van der Waals surface area contributed by atoms with Gasteiger partial charge < -0.3 is 14.2 Å². The predicted octanol–water partition coefficient (Wildman–Crippen LogP) is 3.14. The molecule has 142 valence electrons. The molecule has 26 heavy (non-hydrogen) atoms. The Morgan fingerprint density at radius 3 is 3.04 bits per heavy atom. The second-order valence-corrected chi connectivity index (χ2v) is 6.72. The topological polar surface area (TPSA) is 98.3 Å². The molecule has 0 radical (unpaired) electrons. The van der Waals surface area contributed by atoms with Crippen LogP contribution in [0.1, 0.15) is 63.3 Å². The van der Waals surface area contributed by atoms with Gasteiger partial charge in [-0.2, -0.15) is 10.1 Å². The van der Waals surface area contributed by atoms with E-state index in [9.17, 15) is 4.79 Å². The van der Waals surface area contributed by atoms with Gasteiger partial charge in [0.15, 0.2) is 5.82 Å². The molecule has 1 saturated heterocycles. The molecule has 1 atom stereocenters. The number of carbonyl (C=O) groups excluding carboxylic acids is 1. The second-order valence-electron chi connectivity index (χ2n) is 6.72. The summed E-state index contributed by atoms with van der Waals surface area (Å²) in [5, 5.41) is 11.3. The van der Waals surface area contributed by atoms with Crippen LogP contribution in [0.2, 0.25) is 0 Å². The van der Waals surface area contributed by atoms with E-state index in [-0.39, 0.29) is 24.7 Å². The molecule has 0 saturated carbocycles. The Balaban J connectivity index is 1.79. The van der Waals surface area contributed by atoms with Gasteiger partial charge in [-0.15, -0.1) is 0 Å². The third-order valence-corrected chi connectivity index (χ3v) is 4.46. The van der Waals surface area contributed by atoms with E-state index in [0.29, 0.717) is 24.1 Å². The Hall–Kier alpha value is -2.42. The van der Waals surface area contributed by atoms with E-state index in [1.54, 1.807) is 29.0 Å². The Morgan fingerprint density at radius 1 is 1.42 bits per heavy atom. The minimum atomic E-state index is -0.206. The SMILES string of the molecule is COCc1nc([C@@H]2CCCCCN2C(=O)Nc2ccnn2C(C)C)no1. The van der Waals surface area contributed by atoms with Gasteiger partial charge in [-0.1, -0.05) is 18.0 Å². The number of nitrogens with zero attached hydrogens (tertiary/aromatic N) is 5. The number of carbonyl (C=O) groups is 1. The maximum absolute atomic E-state index is 13.0. The highest BCUT2D eigenvalue weighted by molar-refractivity contribution is 5.88. The number of aromatic nitrogens is 4. The van der Waals surface area contributed by atoms with Crippen LogP contribution < -0.4 is 5.32 Å². The average Bonchev–Trinajstić information content (AvgIpc) is 3.19. The molecular weight excluding hydrogens is 336 g/mol. The summed E-state index contributed by atoms with van der Waals surface area (Å²) in [5.74, 6) is 1.64. The molecule has 3 rings (SSSR count). The summed E-state index contributed by atoms with van der Waals surface area (Å²) in [5.41, 5.74) is 0. The van der Waals surface area contributed by atoms with Gasteiger partial charge in [-0.3, -0.25) is 5.32 Å². The number of nitrogens with one attached hydrogen (secondary N) is 1. The first-order valence-electron chi connectivity index (χ1n) is 9.02. The summed E-state index contributed by atoms with van der Waals surface area (Å²) in [7, 11) is 1.58. The van der Waals surface area contributed by atoms with Crippen LogP contribution >= 0.6 is 0 Å². The third kappa shape index (κ3) is 4.04. The molecule has 0 unspecified atom stereocenters. The first-order chi connectivity index (χ1) is 12.6. The van der Waals surface area contributed by atoms with Crippen LogP contribution in [0.4, 0.5) is 10.6 Å². The van der Waals surface area contributed by atoms with E-state index >= 15 is 0 Å². The molecule has 9 heteroatoms. The molecule has 1 fully saturated rings. The van der Waals surface area contributed by atoms with E-state index in [1.165, 1.54) is 0 Å². The van der Waals surface area contributed by atoms with Crippen LogP contribution in [0.15, 0.2) is 16.8 Å². The summed E-state index contributed by atoms with van der Waals surface area (Å²) in [6.45, 7) is 4.96. The zero-order valence-corrected chi connectivity index (χ0v) is 15.5. The number of likely N-dealkylation sites (tertiary alicyclic amines) is 1. The molecule has 1 aliphatic heterocycles. The van der Waals surface area contributed by atoms with Crippen molar-refractivity contribution in [1.82, 2.24) is 24.8 Å². The van der Waals surface area contributed by atoms with Crippen LogP contribution in [0, 0.1) is 0 Å². The lowest BCUT2D eigenvalue weighted by molar-refractivity contribution is 0.151. The zero-order chi connectivity index (χ0) is 18.5. The van der Waals surface area contributed by atoms with Crippen LogP contribution in [-0.4, -0.2) is 44.5 Å². The fourth-order valence-electron chi connectivity index (χ4n) is 3.21. The molecule has 3 heterocycles. The minimum Gasteiger partial charge on any atom is -0.375 e. The Labute approximate surface area is 152 Å². The van der Waals surface area contributed by atoms with E-state index in [2.05, 4.69) is 20.6 Å². The number of anilines is 1. The second kappa shape index (κ2) is 8.31. The lowest BCUT2D eigenvalue weighted by Crippen LogP contribution is -2.39. The van der Waals surface area contributed by atoms with Crippen molar-refractivity contribution < 1.29 is 14.1 Å². The van der Waals surface area contributed by atoms with Crippen molar-refractivity contribution in [3.8, 4) is 0 Å². The maximum Gasteiger partial charge on any atom is 0.323 e. The minimum absolute atomic E-state index is 0.161. The molecule has 0 spiro atoms. The van der Waals surface area contributed by atoms with Crippen LogP contribution in [0.25, 0.3) is 0 Å². The Bertz CT molecular complexity index is 726. The molecule has 1 aliphatic rings. The Kier molecular flexibility index (Phi) is 5.87. The van der Waals surface area contributed by atoms with Crippen molar-refractivity contribution in [3.63, 3.8) is 0 Å². The fraction of sp³-hybridized carbons (Fsp3) is 0.647. The molecule has 0 bridgehead atoms.